The second-order valence-electron chi connectivity index (χ2n) is 5.68. The summed E-state index contributed by atoms with van der Waals surface area (Å²) in [7, 11) is 0. The van der Waals surface area contributed by atoms with Gasteiger partial charge in [-0.2, -0.15) is 13.2 Å². The van der Waals surface area contributed by atoms with Crippen molar-refractivity contribution >= 4 is 5.82 Å². The molecule has 0 spiro atoms. The van der Waals surface area contributed by atoms with Crippen LogP contribution >= 0.6 is 0 Å². The number of aliphatic hydroxyl groups is 1. The molecular formula is C16H22F3N3O. The molecule has 1 atom stereocenters. The number of aliphatic hydroxyl groups excluding tert-OH is 1. The van der Waals surface area contributed by atoms with Gasteiger partial charge in [-0.25, -0.2) is 4.98 Å². The second-order valence-corrected chi connectivity index (χ2v) is 5.68. The van der Waals surface area contributed by atoms with Crippen LogP contribution in [0.5, 0.6) is 0 Å². The number of anilines is 1. The minimum Gasteiger partial charge on any atom is -0.392 e. The molecule has 1 N–H and O–H groups in total. The maximum absolute atomic E-state index is 13.1. The van der Waals surface area contributed by atoms with Gasteiger partial charge >= 0.3 is 6.18 Å². The molecule has 1 fully saturated rings. The third-order valence-electron chi connectivity index (χ3n) is 3.94. The Kier molecular flexibility index (Phi) is 6.01. The van der Waals surface area contributed by atoms with Gasteiger partial charge in [0.15, 0.2) is 0 Å². The Bertz CT molecular complexity index is 514. The van der Waals surface area contributed by atoms with Crippen molar-refractivity contribution in [2.75, 3.05) is 37.6 Å². The summed E-state index contributed by atoms with van der Waals surface area (Å²) >= 11 is 0. The molecule has 128 valence electrons. The lowest BCUT2D eigenvalue weighted by Crippen LogP contribution is -2.49. The molecular weight excluding hydrogens is 307 g/mol. The van der Waals surface area contributed by atoms with E-state index in [1.54, 1.807) is 11.0 Å². The minimum absolute atomic E-state index is 0.00754. The van der Waals surface area contributed by atoms with E-state index in [0.29, 0.717) is 39.1 Å². The minimum atomic E-state index is -4.40. The van der Waals surface area contributed by atoms with E-state index in [2.05, 4.69) is 16.5 Å². The molecule has 1 aliphatic heterocycles. The highest BCUT2D eigenvalue weighted by Crippen LogP contribution is 2.35. The summed E-state index contributed by atoms with van der Waals surface area (Å²) in [4.78, 5) is 7.65. The Morgan fingerprint density at radius 1 is 1.30 bits per heavy atom. The summed E-state index contributed by atoms with van der Waals surface area (Å²) in [6.45, 7) is 6.31. The van der Waals surface area contributed by atoms with Crippen molar-refractivity contribution < 1.29 is 18.3 Å². The number of piperazine rings is 1. The molecule has 0 aliphatic carbocycles. The van der Waals surface area contributed by atoms with E-state index >= 15 is 0 Å². The van der Waals surface area contributed by atoms with Crippen LogP contribution in [0.25, 0.3) is 0 Å². The second kappa shape index (κ2) is 7.79. The van der Waals surface area contributed by atoms with Gasteiger partial charge in [0.2, 0.25) is 0 Å². The van der Waals surface area contributed by atoms with Crippen LogP contribution in [0.3, 0.4) is 0 Å². The predicted octanol–water partition coefficient (Wildman–Crippen LogP) is 2.55. The van der Waals surface area contributed by atoms with Crippen LogP contribution in [0.15, 0.2) is 31.0 Å². The van der Waals surface area contributed by atoms with Gasteiger partial charge in [0.25, 0.3) is 0 Å². The largest absolute Gasteiger partial charge is 0.419 e. The van der Waals surface area contributed by atoms with E-state index < -0.39 is 17.8 Å². The lowest BCUT2D eigenvalue weighted by atomic mass is 10.1. The maximum Gasteiger partial charge on any atom is 0.419 e. The van der Waals surface area contributed by atoms with Gasteiger partial charge < -0.3 is 10.0 Å². The van der Waals surface area contributed by atoms with Crippen LogP contribution in [-0.4, -0.2) is 53.8 Å². The van der Waals surface area contributed by atoms with Crippen LogP contribution in [-0.2, 0) is 6.18 Å². The first kappa shape index (κ1) is 17.7. The molecule has 0 amide bonds. The summed E-state index contributed by atoms with van der Waals surface area (Å²) in [5.41, 5.74) is -0.695. The van der Waals surface area contributed by atoms with Gasteiger partial charge in [-0.3, -0.25) is 4.90 Å². The molecule has 2 heterocycles. The summed E-state index contributed by atoms with van der Waals surface area (Å²) in [6, 6.07) is 2.37. The van der Waals surface area contributed by atoms with Crippen LogP contribution in [0.1, 0.15) is 18.4 Å². The number of allylic oxidation sites excluding steroid dienone is 1. The number of β-amino-alcohol motifs (C(OH)–C–C–N with tert-alkyl or cyclic N) is 1. The van der Waals surface area contributed by atoms with E-state index in [-0.39, 0.29) is 5.82 Å². The number of halogens is 3. The lowest BCUT2D eigenvalue weighted by Gasteiger charge is -2.37. The highest BCUT2D eigenvalue weighted by molar-refractivity contribution is 5.48. The quantitative estimate of drug-likeness (QED) is 0.814. The first-order valence-electron chi connectivity index (χ1n) is 7.70. The Labute approximate surface area is 134 Å². The molecule has 0 aromatic carbocycles. The van der Waals surface area contributed by atoms with Crippen molar-refractivity contribution in [2.45, 2.75) is 25.1 Å². The zero-order chi connectivity index (χ0) is 16.9. The van der Waals surface area contributed by atoms with E-state index in [0.717, 1.165) is 12.5 Å². The number of aromatic nitrogens is 1. The molecule has 1 aromatic rings. The molecule has 0 saturated carbocycles. The molecule has 0 bridgehead atoms. The van der Waals surface area contributed by atoms with E-state index in [9.17, 15) is 18.3 Å². The molecule has 1 saturated heterocycles. The summed E-state index contributed by atoms with van der Waals surface area (Å²) in [6.07, 6.45) is -0.273. The number of alkyl halides is 3. The zero-order valence-electron chi connectivity index (χ0n) is 13.0. The zero-order valence-corrected chi connectivity index (χ0v) is 13.0. The number of nitrogens with zero attached hydrogens (tertiary/aromatic N) is 3. The van der Waals surface area contributed by atoms with Gasteiger partial charge in [-0.05, 0) is 25.0 Å². The summed E-state index contributed by atoms with van der Waals surface area (Å²) in [5, 5.41) is 9.90. The van der Waals surface area contributed by atoms with E-state index in [1.165, 1.54) is 12.3 Å². The van der Waals surface area contributed by atoms with Crippen molar-refractivity contribution in [3.63, 3.8) is 0 Å². The molecule has 2 rings (SSSR count). The third-order valence-corrected chi connectivity index (χ3v) is 3.94. The summed E-state index contributed by atoms with van der Waals surface area (Å²) < 4.78 is 39.2. The van der Waals surface area contributed by atoms with E-state index in [1.807, 2.05) is 0 Å². The Morgan fingerprint density at radius 3 is 2.61 bits per heavy atom. The van der Waals surface area contributed by atoms with Crippen LogP contribution in [0, 0.1) is 0 Å². The number of hydrogen-bond donors (Lipinski definition) is 1. The predicted molar refractivity (Wildman–Crippen MR) is 83.3 cm³/mol. The first-order chi connectivity index (χ1) is 10.9. The molecule has 1 aliphatic rings. The summed E-state index contributed by atoms with van der Waals surface area (Å²) in [5.74, 6) is -0.00754. The molecule has 4 nitrogen and oxygen atoms in total. The van der Waals surface area contributed by atoms with Crippen LogP contribution in [0.4, 0.5) is 19.0 Å². The normalized spacial score (nSPS) is 18.0. The Morgan fingerprint density at radius 2 is 2.00 bits per heavy atom. The van der Waals surface area contributed by atoms with Gasteiger partial charge in [0.05, 0.1) is 11.7 Å². The Hall–Kier alpha value is -1.60. The van der Waals surface area contributed by atoms with Gasteiger partial charge in [0, 0.05) is 38.9 Å². The van der Waals surface area contributed by atoms with Crippen molar-refractivity contribution in [3.05, 3.63) is 36.5 Å². The highest BCUT2D eigenvalue weighted by Gasteiger charge is 2.36. The lowest BCUT2D eigenvalue weighted by molar-refractivity contribution is -0.137. The number of hydrogen-bond acceptors (Lipinski definition) is 4. The van der Waals surface area contributed by atoms with Crippen molar-refractivity contribution in [3.8, 4) is 0 Å². The topological polar surface area (TPSA) is 39.6 Å². The average molecular weight is 329 g/mol. The molecule has 23 heavy (non-hydrogen) atoms. The highest BCUT2D eigenvalue weighted by atomic mass is 19.4. The van der Waals surface area contributed by atoms with Gasteiger partial charge in [-0.15, -0.1) is 6.58 Å². The standard InChI is InChI=1S/C16H22F3N3O/c1-2-3-5-13(23)12-21-8-10-22(11-9-21)15-14(16(17,18)19)6-4-7-20-15/h2,4,6-7,13,23H,1,3,5,8-12H2. The SMILES string of the molecule is C=CCCC(O)CN1CCN(c2ncccc2C(F)(F)F)CC1. The number of pyridine rings is 1. The van der Waals surface area contributed by atoms with Gasteiger partial charge in [0.1, 0.15) is 5.82 Å². The number of rotatable bonds is 6. The van der Waals surface area contributed by atoms with Crippen LogP contribution < -0.4 is 4.90 Å². The van der Waals surface area contributed by atoms with E-state index in [4.69, 9.17) is 0 Å². The molecule has 7 heteroatoms. The fourth-order valence-corrected chi connectivity index (χ4v) is 2.71. The molecule has 0 radical (unpaired) electrons. The monoisotopic (exact) mass is 329 g/mol. The van der Waals surface area contributed by atoms with Crippen LogP contribution in [0.2, 0.25) is 0 Å². The fraction of sp³-hybridized carbons (Fsp3) is 0.562. The molecule has 1 aromatic heterocycles. The fourth-order valence-electron chi connectivity index (χ4n) is 2.71. The average Bonchev–Trinajstić information content (AvgIpc) is 2.53. The maximum atomic E-state index is 13.1. The first-order valence-corrected chi connectivity index (χ1v) is 7.70. The Balaban J connectivity index is 1.94. The van der Waals surface area contributed by atoms with Crippen molar-refractivity contribution in [1.29, 1.82) is 0 Å². The van der Waals surface area contributed by atoms with Crippen molar-refractivity contribution in [1.82, 2.24) is 9.88 Å². The smallest absolute Gasteiger partial charge is 0.392 e. The van der Waals surface area contributed by atoms with Gasteiger partial charge in [-0.1, -0.05) is 6.08 Å². The van der Waals surface area contributed by atoms with Crippen molar-refractivity contribution in [2.24, 2.45) is 0 Å². The molecule has 1 unspecified atom stereocenters. The third kappa shape index (κ3) is 4.94.